The number of hydrogen-bond donors (Lipinski definition) is 4. The van der Waals surface area contributed by atoms with Crippen molar-refractivity contribution in [3.63, 3.8) is 0 Å². The van der Waals surface area contributed by atoms with Crippen molar-refractivity contribution in [1.29, 1.82) is 0 Å². The van der Waals surface area contributed by atoms with E-state index >= 15 is 0 Å². The fraction of sp³-hybridized carbons (Fsp3) is 0.345. The third-order valence-corrected chi connectivity index (χ3v) is 8.22. The Labute approximate surface area is 225 Å². The van der Waals surface area contributed by atoms with E-state index in [9.17, 15) is 9.59 Å². The Morgan fingerprint density at radius 1 is 1.08 bits per heavy atom. The van der Waals surface area contributed by atoms with E-state index in [0.29, 0.717) is 22.9 Å². The van der Waals surface area contributed by atoms with Crippen molar-refractivity contribution in [1.82, 2.24) is 24.7 Å². The van der Waals surface area contributed by atoms with Crippen LogP contribution in [0.5, 0.6) is 0 Å². The van der Waals surface area contributed by atoms with Crippen molar-refractivity contribution < 1.29 is 14.7 Å². The summed E-state index contributed by atoms with van der Waals surface area (Å²) in [5.41, 5.74) is 9.72. The Bertz CT molecular complexity index is 1570. The lowest BCUT2D eigenvalue weighted by atomic mass is 9.83. The van der Waals surface area contributed by atoms with Crippen molar-refractivity contribution in [2.24, 2.45) is 0 Å². The van der Waals surface area contributed by atoms with Gasteiger partial charge in [0.2, 0.25) is 5.91 Å². The quantitative estimate of drug-likeness (QED) is 0.289. The number of fused-ring (bicyclic) bond motifs is 3. The highest BCUT2D eigenvalue weighted by atomic mass is 16.3. The average molecular weight is 526 g/mol. The largest absolute Gasteiger partial charge is 0.396 e. The van der Waals surface area contributed by atoms with Gasteiger partial charge in [0.25, 0.3) is 5.91 Å². The number of nitrogens with zero attached hydrogens (tertiary/aromatic N) is 4. The molecule has 0 aliphatic heterocycles. The van der Waals surface area contributed by atoms with Crippen LogP contribution in [0, 0.1) is 6.92 Å². The van der Waals surface area contributed by atoms with E-state index < -0.39 is 0 Å². The van der Waals surface area contributed by atoms with Crippen molar-refractivity contribution in [2.75, 3.05) is 17.7 Å². The summed E-state index contributed by atoms with van der Waals surface area (Å²) in [6.45, 7) is 1.79. The number of aliphatic hydroxyl groups excluding tert-OH is 1. The fourth-order valence-electron chi connectivity index (χ4n) is 6.35. The van der Waals surface area contributed by atoms with Crippen molar-refractivity contribution >= 4 is 29.0 Å². The molecule has 6 rings (SSSR count). The molecule has 0 spiro atoms. The number of aliphatic hydroxyl groups is 1. The predicted molar refractivity (Wildman–Crippen MR) is 147 cm³/mol. The summed E-state index contributed by atoms with van der Waals surface area (Å²) in [5.74, 6) is 1.45. The van der Waals surface area contributed by atoms with Crippen LogP contribution < -0.4 is 16.4 Å². The van der Waals surface area contributed by atoms with Crippen molar-refractivity contribution in [3.05, 3.63) is 71.9 Å². The van der Waals surface area contributed by atoms with Gasteiger partial charge in [-0.1, -0.05) is 12.1 Å². The SMILES string of the molecule is Cc1ccnc(NC(=O)c2ccc(-c3nc(C45CCC(NC(=O)CCO)(CC4)C5)n4ccnc(N)c34)cc2)c1. The summed E-state index contributed by atoms with van der Waals surface area (Å²) >= 11 is 0. The fourth-order valence-corrected chi connectivity index (χ4v) is 6.35. The van der Waals surface area contributed by atoms with Crippen LogP contribution in [0.25, 0.3) is 16.8 Å². The summed E-state index contributed by atoms with van der Waals surface area (Å²) in [7, 11) is 0. The first-order chi connectivity index (χ1) is 18.8. The number of aryl methyl sites for hydroxylation is 1. The highest BCUT2D eigenvalue weighted by Gasteiger charge is 2.57. The highest BCUT2D eigenvalue weighted by Crippen LogP contribution is 2.57. The minimum atomic E-state index is -0.266. The molecule has 1 aromatic carbocycles. The van der Waals surface area contributed by atoms with E-state index in [4.69, 9.17) is 15.8 Å². The Morgan fingerprint density at radius 3 is 2.56 bits per heavy atom. The van der Waals surface area contributed by atoms with Gasteiger partial charge in [-0.25, -0.2) is 15.0 Å². The molecule has 2 bridgehead atoms. The number of nitrogens with one attached hydrogen (secondary N) is 2. The third-order valence-electron chi connectivity index (χ3n) is 8.22. The molecule has 2 amide bonds. The first kappa shape index (κ1) is 25.0. The van der Waals surface area contributed by atoms with Crippen LogP contribution >= 0.6 is 0 Å². The molecule has 0 unspecified atom stereocenters. The molecule has 4 aromatic rings. The van der Waals surface area contributed by atoms with E-state index in [0.717, 1.165) is 54.6 Å². The first-order valence-corrected chi connectivity index (χ1v) is 13.2. The molecule has 0 atom stereocenters. The van der Waals surface area contributed by atoms with Crippen molar-refractivity contribution in [3.8, 4) is 11.3 Å². The molecular formula is C29H31N7O3. The highest BCUT2D eigenvalue weighted by molar-refractivity contribution is 6.04. The molecule has 3 heterocycles. The molecule has 2 aliphatic rings. The summed E-state index contributed by atoms with van der Waals surface area (Å²) in [4.78, 5) is 38.8. The summed E-state index contributed by atoms with van der Waals surface area (Å²) < 4.78 is 2.04. The second-order valence-corrected chi connectivity index (χ2v) is 10.8. The molecule has 5 N–H and O–H groups in total. The molecule has 10 nitrogen and oxygen atoms in total. The van der Waals surface area contributed by atoms with Gasteiger partial charge in [0.15, 0.2) is 0 Å². The van der Waals surface area contributed by atoms with E-state index in [2.05, 4.69) is 20.6 Å². The average Bonchev–Trinajstić information content (AvgIpc) is 3.60. The van der Waals surface area contributed by atoms with Gasteiger partial charge in [0.05, 0.1) is 6.61 Å². The number of amides is 2. The molecular weight excluding hydrogens is 494 g/mol. The molecule has 10 heteroatoms. The van der Waals surface area contributed by atoms with Gasteiger partial charge in [0, 0.05) is 47.1 Å². The Kier molecular flexibility index (Phi) is 6.06. The van der Waals surface area contributed by atoms with Crippen LogP contribution in [-0.2, 0) is 10.2 Å². The van der Waals surface area contributed by atoms with Gasteiger partial charge in [-0.05, 0) is 68.9 Å². The molecule has 0 radical (unpaired) electrons. The number of aromatic nitrogens is 4. The van der Waals surface area contributed by atoms with E-state index in [1.54, 1.807) is 24.5 Å². The van der Waals surface area contributed by atoms with E-state index in [1.807, 2.05) is 41.8 Å². The lowest BCUT2D eigenvalue weighted by Gasteiger charge is -2.28. The number of nitrogens with two attached hydrogens (primary N) is 1. The van der Waals surface area contributed by atoms with Gasteiger partial charge >= 0.3 is 0 Å². The number of carbonyl (C=O) groups excluding carboxylic acids is 2. The van der Waals surface area contributed by atoms with E-state index in [-0.39, 0.29) is 35.8 Å². The summed E-state index contributed by atoms with van der Waals surface area (Å²) in [5, 5.41) is 15.2. The lowest BCUT2D eigenvalue weighted by molar-refractivity contribution is -0.123. The minimum absolute atomic E-state index is 0.111. The molecule has 200 valence electrons. The van der Waals surface area contributed by atoms with Crippen LogP contribution in [-0.4, -0.2) is 48.4 Å². The zero-order valence-corrected chi connectivity index (χ0v) is 21.8. The number of hydrogen-bond acceptors (Lipinski definition) is 7. The summed E-state index contributed by atoms with van der Waals surface area (Å²) in [6, 6.07) is 11.0. The maximum atomic E-state index is 12.8. The smallest absolute Gasteiger partial charge is 0.256 e. The molecule has 0 saturated heterocycles. The number of imidazole rings is 1. The van der Waals surface area contributed by atoms with Crippen molar-refractivity contribution in [2.45, 2.75) is 56.4 Å². The van der Waals surface area contributed by atoms with Gasteiger partial charge < -0.3 is 21.5 Å². The maximum absolute atomic E-state index is 12.8. The molecule has 2 aliphatic carbocycles. The second-order valence-electron chi connectivity index (χ2n) is 10.8. The van der Waals surface area contributed by atoms with E-state index in [1.165, 1.54) is 0 Å². The number of carbonyl (C=O) groups is 2. The van der Waals surface area contributed by atoms with Crippen LogP contribution in [0.1, 0.15) is 60.3 Å². The number of nitrogen functional groups attached to an aromatic ring is 1. The summed E-state index contributed by atoms with van der Waals surface area (Å²) in [6.07, 6.45) is 9.69. The Balaban J connectivity index is 1.31. The number of benzene rings is 1. The van der Waals surface area contributed by atoms with Crippen LogP contribution in [0.3, 0.4) is 0 Å². The Hall–Kier alpha value is -4.31. The maximum Gasteiger partial charge on any atom is 0.256 e. The third kappa shape index (κ3) is 4.40. The monoisotopic (exact) mass is 525 g/mol. The lowest BCUT2D eigenvalue weighted by Crippen LogP contribution is -2.45. The number of anilines is 2. The Morgan fingerprint density at radius 2 is 1.85 bits per heavy atom. The molecule has 3 aromatic heterocycles. The van der Waals surface area contributed by atoms with Gasteiger partial charge in [-0.15, -0.1) is 0 Å². The number of pyridine rings is 1. The number of rotatable bonds is 7. The normalized spacial score (nSPS) is 21.8. The topological polar surface area (TPSA) is 148 Å². The second kappa shape index (κ2) is 9.46. The zero-order chi connectivity index (χ0) is 27.2. The molecule has 2 saturated carbocycles. The van der Waals surface area contributed by atoms with Crippen LogP contribution in [0.2, 0.25) is 0 Å². The van der Waals surface area contributed by atoms with Gasteiger partial charge in [-0.3, -0.25) is 14.0 Å². The molecule has 2 fully saturated rings. The minimum Gasteiger partial charge on any atom is -0.396 e. The van der Waals surface area contributed by atoms with Gasteiger partial charge in [-0.2, -0.15) is 0 Å². The predicted octanol–water partition coefficient (Wildman–Crippen LogP) is 3.39. The zero-order valence-electron chi connectivity index (χ0n) is 21.8. The van der Waals surface area contributed by atoms with Gasteiger partial charge in [0.1, 0.15) is 28.7 Å². The molecule has 39 heavy (non-hydrogen) atoms. The standard InChI is InChI=1S/C29H31N7O3/c1-18-6-12-31-21(16-18)33-26(39)20-4-2-19(3-5-20)23-24-25(30)32-13-14-36(24)27(34-23)28-8-10-29(17-28,11-9-28)35-22(38)7-15-37/h2-6,12-14,16,37H,7-11,15,17H2,1H3,(H2,30,32)(H,35,38)(H,31,33,39). The van der Waals surface area contributed by atoms with Crippen LogP contribution in [0.4, 0.5) is 11.6 Å². The first-order valence-electron chi connectivity index (χ1n) is 13.2. The van der Waals surface area contributed by atoms with Crippen LogP contribution in [0.15, 0.2) is 55.0 Å².